The second-order valence-electron chi connectivity index (χ2n) is 3.89. The lowest BCUT2D eigenvalue weighted by atomic mass is 10.1. The third-order valence-electron chi connectivity index (χ3n) is 2.60. The smallest absolute Gasteiger partial charge is 0.200 e. The van der Waals surface area contributed by atoms with Crippen molar-refractivity contribution in [2.24, 2.45) is 0 Å². The van der Waals surface area contributed by atoms with Crippen molar-refractivity contribution in [3.8, 4) is 5.75 Å². The summed E-state index contributed by atoms with van der Waals surface area (Å²) in [7, 11) is 0. The van der Waals surface area contributed by atoms with Gasteiger partial charge in [0.25, 0.3) is 0 Å². The highest BCUT2D eigenvalue weighted by Gasteiger charge is 2.06. The van der Waals surface area contributed by atoms with Crippen molar-refractivity contribution in [1.29, 1.82) is 0 Å². The predicted octanol–water partition coefficient (Wildman–Crippen LogP) is 3.81. The van der Waals surface area contributed by atoms with Gasteiger partial charge in [0.05, 0.1) is 0 Å². The number of Topliss-reactive ketones (excluding diaryl/α,β-unsaturated/α-hetero) is 1. The minimum absolute atomic E-state index is 0.0513. The first-order valence-electron chi connectivity index (χ1n) is 5.74. The number of halogens is 1. The zero-order valence-corrected chi connectivity index (χ0v) is 11.2. The van der Waals surface area contributed by atoms with Gasteiger partial charge in [-0.25, -0.2) is 4.39 Å². The Labute approximate surface area is 115 Å². The van der Waals surface area contributed by atoms with Crippen LogP contribution in [0.1, 0.15) is 10.4 Å². The van der Waals surface area contributed by atoms with E-state index in [0.29, 0.717) is 11.3 Å². The van der Waals surface area contributed by atoms with Crippen LogP contribution in [0.5, 0.6) is 5.75 Å². The van der Waals surface area contributed by atoms with Crippen LogP contribution in [0, 0.1) is 5.82 Å². The Morgan fingerprint density at radius 2 is 1.74 bits per heavy atom. The summed E-state index contributed by atoms with van der Waals surface area (Å²) < 4.78 is 18.1. The van der Waals surface area contributed by atoms with Gasteiger partial charge in [-0.05, 0) is 54.8 Å². The fraction of sp³-hybridized carbons (Fsp3) is 0.133. The van der Waals surface area contributed by atoms with Crippen molar-refractivity contribution >= 4 is 17.5 Å². The number of thioether (sulfide) groups is 1. The molecule has 2 rings (SSSR count). The summed E-state index contributed by atoms with van der Waals surface area (Å²) in [5.41, 5.74) is 0.446. The molecule has 19 heavy (non-hydrogen) atoms. The average molecular weight is 276 g/mol. The number of carbonyl (C=O) groups excluding carboxylic acids is 1. The lowest BCUT2D eigenvalue weighted by molar-refractivity contribution is 0.0921. The van der Waals surface area contributed by atoms with E-state index in [9.17, 15) is 9.18 Å². The third-order valence-corrected chi connectivity index (χ3v) is 3.34. The Balaban J connectivity index is 1.94. The molecule has 2 aromatic carbocycles. The van der Waals surface area contributed by atoms with Gasteiger partial charge in [-0.3, -0.25) is 4.79 Å². The molecular weight excluding hydrogens is 263 g/mol. The summed E-state index contributed by atoms with van der Waals surface area (Å²) in [6.45, 7) is -0.0513. The molecule has 98 valence electrons. The molecule has 0 unspecified atom stereocenters. The number of carbonyl (C=O) groups is 1. The number of benzene rings is 2. The first kappa shape index (κ1) is 13.6. The Morgan fingerprint density at radius 1 is 1.11 bits per heavy atom. The lowest BCUT2D eigenvalue weighted by Gasteiger charge is -2.06. The van der Waals surface area contributed by atoms with Crippen LogP contribution in [0.25, 0.3) is 0 Å². The van der Waals surface area contributed by atoms with Gasteiger partial charge in [0, 0.05) is 10.5 Å². The van der Waals surface area contributed by atoms with Crippen molar-refractivity contribution in [3.63, 3.8) is 0 Å². The van der Waals surface area contributed by atoms with Crippen molar-refractivity contribution < 1.29 is 13.9 Å². The molecule has 0 bridgehead atoms. The van der Waals surface area contributed by atoms with E-state index in [4.69, 9.17) is 4.74 Å². The number of ketones is 1. The summed E-state index contributed by atoms with van der Waals surface area (Å²) in [6, 6.07) is 13.0. The highest BCUT2D eigenvalue weighted by Crippen LogP contribution is 2.19. The zero-order chi connectivity index (χ0) is 13.7. The van der Waals surface area contributed by atoms with Crippen LogP contribution in [0.3, 0.4) is 0 Å². The van der Waals surface area contributed by atoms with E-state index in [1.807, 2.05) is 30.5 Å². The van der Waals surface area contributed by atoms with Crippen molar-refractivity contribution in [2.45, 2.75) is 4.90 Å². The fourth-order valence-corrected chi connectivity index (χ4v) is 1.95. The molecule has 0 aliphatic carbocycles. The van der Waals surface area contributed by atoms with Crippen LogP contribution in [-0.4, -0.2) is 18.6 Å². The molecule has 0 saturated carbocycles. The number of rotatable bonds is 5. The molecule has 0 radical (unpaired) electrons. The van der Waals surface area contributed by atoms with Gasteiger partial charge in [-0.15, -0.1) is 11.8 Å². The topological polar surface area (TPSA) is 26.3 Å². The molecule has 0 heterocycles. The van der Waals surface area contributed by atoms with Crippen LogP contribution in [0.2, 0.25) is 0 Å². The SMILES string of the molecule is CSc1ccc(OCC(=O)c2ccc(F)cc2)cc1. The highest BCUT2D eigenvalue weighted by atomic mass is 32.2. The first-order valence-corrected chi connectivity index (χ1v) is 6.97. The van der Waals surface area contributed by atoms with Gasteiger partial charge >= 0.3 is 0 Å². The van der Waals surface area contributed by atoms with E-state index < -0.39 is 0 Å². The monoisotopic (exact) mass is 276 g/mol. The Bertz CT molecular complexity index is 549. The minimum atomic E-state index is -0.356. The van der Waals surface area contributed by atoms with Gasteiger partial charge in [-0.1, -0.05) is 0 Å². The van der Waals surface area contributed by atoms with E-state index >= 15 is 0 Å². The van der Waals surface area contributed by atoms with Gasteiger partial charge in [0.2, 0.25) is 0 Å². The standard InChI is InChI=1S/C15H13FO2S/c1-19-14-8-6-13(7-9-14)18-10-15(17)11-2-4-12(16)5-3-11/h2-9H,10H2,1H3. The molecular formula is C15H13FO2S. The second-order valence-corrected chi connectivity index (χ2v) is 4.77. The molecule has 0 spiro atoms. The molecule has 0 N–H and O–H groups in total. The molecule has 0 atom stereocenters. The molecule has 2 aromatic rings. The molecule has 0 fully saturated rings. The Kier molecular flexibility index (Phi) is 4.58. The van der Waals surface area contributed by atoms with Gasteiger partial charge in [0.1, 0.15) is 11.6 Å². The lowest BCUT2D eigenvalue weighted by Crippen LogP contribution is -2.11. The largest absolute Gasteiger partial charge is 0.485 e. The maximum Gasteiger partial charge on any atom is 0.200 e. The summed E-state index contributed by atoms with van der Waals surface area (Å²) >= 11 is 1.64. The fourth-order valence-electron chi connectivity index (χ4n) is 1.54. The van der Waals surface area contributed by atoms with Crippen LogP contribution in [0.15, 0.2) is 53.4 Å². The summed E-state index contributed by atoms with van der Waals surface area (Å²) in [5.74, 6) is 0.118. The maximum atomic E-state index is 12.7. The van der Waals surface area contributed by atoms with E-state index in [1.165, 1.54) is 24.3 Å². The Morgan fingerprint density at radius 3 is 2.32 bits per heavy atom. The molecule has 2 nitrogen and oxygen atoms in total. The number of hydrogen-bond acceptors (Lipinski definition) is 3. The highest BCUT2D eigenvalue weighted by molar-refractivity contribution is 7.98. The molecule has 0 amide bonds. The quantitative estimate of drug-likeness (QED) is 0.613. The number of ether oxygens (including phenoxy) is 1. The summed E-state index contributed by atoms with van der Waals surface area (Å²) in [4.78, 5) is 12.9. The summed E-state index contributed by atoms with van der Waals surface area (Å²) in [5, 5.41) is 0. The van der Waals surface area contributed by atoms with Crippen molar-refractivity contribution in [1.82, 2.24) is 0 Å². The van der Waals surface area contributed by atoms with E-state index in [-0.39, 0.29) is 18.2 Å². The predicted molar refractivity (Wildman–Crippen MR) is 74.4 cm³/mol. The molecule has 4 heteroatoms. The van der Waals surface area contributed by atoms with Crippen LogP contribution in [-0.2, 0) is 0 Å². The van der Waals surface area contributed by atoms with Crippen LogP contribution in [0.4, 0.5) is 4.39 Å². The van der Waals surface area contributed by atoms with Gasteiger partial charge in [0.15, 0.2) is 12.4 Å². The molecule has 0 aliphatic rings. The zero-order valence-electron chi connectivity index (χ0n) is 10.4. The van der Waals surface area contributed by atoms with Gasteiger partial charge in [-0.2, -0.15) is 0 Å². The molecule has 0 saturated heterocycles. The first-order chi connectivity index (χ1) is 9.19. The van der Waals surface area contributed by atoms with Crippen LogP contribution >= 0.6 is 11.8 Å². The van der Waals surface area contributed by atoms with Crippen molar-refractivity contribution in [3.05, 3.63) is 59.9 Å². The summed E-state index contributed by atoms with van der Waals surface area (Å²) in [6.07, 6.45) is 1.99. The van der Waals surface area contributed by atoms with Crippen molar-refractivity contribution in [2.75, 3.05) is 12.9 Å². The van der Waals surface area contributed by atoms with Gasteiger partial charge < -0.3 is 4.74 Å². The Hall–Kier alpha value is -1.81. The third kappa shape index (κ3) is 3.83. The minimum Gasteiger partial charge on any atom is -0.485 e. The molecule has 0 aromatic heterocycles. The average Bonchev–Trinajstić information content (AvgIpc) is 2.46. The number of hydrogen-bond donors (Lipinski definition) is 0. The van der Waals surface area contributed by atoms with E-state index in [0.717, 1.165) is 4.90 Å². The van der Waals surface area contributed by atoms with E-state index in [2.05, 4.69) is 0 Å². The second kappa shape index (κ2) is 6.38. The molecule has 0 aliphatic heterocycles. The normalized spacial score (nSPS) is 10.2. The van der Waals surface area contributed by atoms with Crippen LogP contribution < -0.4 is 4.74 Å². The van der Waals surface area contributed by atoms with E-state index in [1.54, 1.807) is 11.8 Å². The maximum absolute atomic E-state index is 12.7.